The molecule has 2 fully saturated rings. The zero-order chi connectivity index (χ0) is 32.8. The molecule has 45 heavy (non-hydrogen) atoms. The van der Waals surface area contributed by atoms with E-state index in [1.165, 1.54) is 0 Å². The first-order chi connectivity index (χ1) is 21.2. The van der Waals surface area contributed by atoms with Crippen LogP contribution in [-0.2, 0) is 21.4 Å². The molecule has 1 saturated carbocycles. The van der Waals surface area contributed by atoms with Crippen LogP contribution in [0, 0.1) is 34.9 Å². The van der Waals surface area contributed by atoms with Crippen molar-refractivity contribution in [3.8, 4) is 5.75 Å². The Labute approximate surface area is 253 Å². The molecule has 5 rings (SSSR count). The number of halogens is 6. The van der Waals surface area contributed by atoms with Gasteiger partial charge in [0, 0.05) is 6.54 Å². The molecule has 1 N–H and O–H groups in total. The average Bonchev–Trinajstić information content (AvgIpc) is 2.98. The van der Waals surface area contributed by atoms with Crippen LogP contribution >= 0.6 is 0 Å². The molecule has 8 nitrogen and oxygen atoms in total. The smallest absolute Gasteiger partial charge is 0.335 e. The number of carboxylic acids is 1. The molecule has 3 aromatic rings. The number of benzene rings is 3. The predicted octanol–water partition coefficient (Wildman–Crippen LogP) is 5.34. The zero-order valence-corrected chi connectivity index (χ0v) is 24.2. The van der Waals surface area contributed by atoms with E-state index in [1.807, 2.05) is 12.1 Å². The van der Waals surface area contributed by atoms with Crippen molar-refractivity contribution in [2.24, 2.45) is 0 Å². The Morgan fingerprint density at radius 2 is 1.44 bits per heavy atom. The second-order valence-electron chi connectivity index (χ2n) is 10.9. The van der Waals surface area contributed by atoms with E-state index < -0.39 is 97.8 Å². The topological polar surface area (TPSA) is 118 Å². The summed E-state index contributed by atoms with van der Waals surface area (Å²) < 4.78 is 112. The number of carbonyl (C=O) groups is 2. The normalized spacial score (nSPS) is 17.6. The third kappa shape index (κ3) is 5.86. The van der Waals surface area contributed by atoms with E-state index in [9.17, 15) is 50.2 Å². The Kier molecular flexibility index (Phi) is 8.86. The molecule has 0 bridgehead atoms. The van der Waals surface area contributed by atoms with E-state index >= 15 is 4.39 Å². The number of anilines is 1. The van der Waals surface area contributed by atoms with Crippen LogP contribution in [0.15, 0.2) is 41.3 Å². The highest BCUT2D eigenvalue weighted by Crippen LogP contribution is 2.37. The van der Waals surface area contributed by atoms with Gasteiger partial charge in [0.2, 0.25) is 21.7 Å². The van der Waals surface area contributed by atoms with Crippen LogP contribution in [0.5, 0.6) is 5.75 Å². The highest BCUT2D eigenvalue weighted by Gasteiger charge is 2.48. The van der Waals surface area contributed by atoms with E-state index in [0.29, 0.717) is 28.5 Å². The molecule has 1 heterocycles. The van der Waals surface area contributed by atoms with Crippen molar-refractivity contribution in [1.82, 2.24) is 4.31 Å². The lowest BCUT2D eigenvalue weighted by molar-refractivity contribution is -0.268. The fourth-order valence-electron chi connectivity index (χ4n) is 5.72. The Bertz CT molecular complexity index is 1750. The number of amides is 1. The number of hydrogen-bond donors (Lipinski definition) is 1. The Morgan fingerprint density at radius 3 is 1.98 bits per heavy atom. The minimum Gasteiger partial charge on any atom is -0.872 e. The summed E-state index contributed by atoms with van der Waals surface area (Å²) in [6.45, 7) is -1.01. The van der Waals surface area contributed by atoms with Gasteiger partial charge in [-0.15, -0.1) is 0 Å². The minimum atomic E-state index is -5.51. The molecule has 1 atom stereocenters. The van der Waals surface area contributed by atoms with E-state index in [-0.39, 0.29) is 10.7 Å². The van der Waals surface area contributed by atoms with Gasteiger partial charge < -0.3 is 15.1 Å². The van der Waals surface area contributed by atoms with Crippen LogP contribution in [0.1, 0.15) is 65.9 Å². The lowest BCUT2D eigenvalue weighted by atomic mass is 9.84. The maximum atomic E-state index is 15.3. The lowest BCUT2D eigenvalue weighted by Crippen LogP contribution is -2.59. The molecule has 2 aliphatic rings. The Morgan fingerprint density at radius 1 is 0.867 bits per heavy atom. The van der Waals surface area contributed by atoms with E-state index in [1.54, 1.807) is 12.1 Å². The summed E-state index contributed by atoms with van der Waals surface area (Å²) in [5.41, 5.74) is -0.189. The highest BCUT2D eigenvalue weighted by molar-refractivity contribution is 7.89. The fourth-order valence-corrected chi connectivity index (χ4v) is 7.46. The maximum Gasteiger partial charge on any atom is 0.335 e. The van der Waals surface area contributed by atoms with E-state index in [4.69, 9.17) is 0 Å². The summed E-state index contributed by atoms with van der Waals surface area (Å²) in [6, 6.07) is 6.09. The van der Waals surface area contributed by atoms with Gasteiger partial charge in [0.25, 0.3) is 0 Å². The first-order valence-corrected chi connectivity index (χ1v) is 15.3. The van der Waals surface area contributed by atoms with Gasteiger partial charge in [-0.25, -0.2) is 39.6 Å². The quantitative estimate of drug-likeness (QED) is 0.199. The van der Waals surface area contributed by atoms with Gasteiger partial charge in [-0.2, -0.15) is 4.31 Å². The van der Waals surface area contributed by atoms with Gasteiger partial charge in [0.05, 0.1) is 17.8 Å². The van der Waals surface area contributed by atoms with E-state index in [0.717, 1.165) is 37.7 Å². The van der Waals surface area contributed by atoms with Crippen LogP contribution in [0.4, 0.5) is 32.0 Å². The number of carbonyl (C=O) groups excluding carboxylic acids is 1. The number of sulfonamides is 1. The third-order valence-corrected chi connectivity index (χ3v) is 10.2. The molecule has 240 valence electrons. The maximum absolute atomic E-state index is 15.3. The number of aromatic carboxylic acids is 1. The number of hydrogen-bond acceptors (Lipinski definition) is 5. The standard InChI is InChI=1S/C30H26F6N2O6S/c31-19-12-18(30(41)42)22(39)13-21(19)37(14-15-6-8-17(9-7-15)16-4-2-1-3-5-16)29(40)20-10-11-38(20)45(43,44)28-26(35)24(33)23(32)25(34)27(28)36/h6-9,12-13,16,20,39H,1-5,10-11,14H2,(H,41,42)/p-1/t20-/m1/s1. The van der Waals surface area contributed by atoms with Crippen LogP contribution < -0.4 is 10.0 Å². The molecule has 0 radical (unpaired) electrons. The van der Waals surface area contributed by atoms with Gasteiger partial charge in [0.1, 0.15) is 11.9 Å². The zero-order valence-electron chi connectivity index (χ0n) is 23.3. The number of carboxylic acid groups (broad SMARTS) is 1. The van der Waals surface area contributed by atoms with Gasteiger partial charge in [0.15, 0.2) is 28.2 Å². The Hall–Kier alpha value is -4.11. The van der Waals surface area contributed by atoms with Crippen molar-refractivity contribution in [2.45, 2.75) is 61.9 Å². The predicted molar refractivity (Wildman–Crippen MR) is 145 cm³/mol. The summed E-state index contributed by atoms with van der Waals surface area (Å²) in [5.74, 6) is -17.9. The lowest BCUT2D eigenvalue weighted by Gasteiger charge is -2.41. The number of rotatable bonds is 8. The van der Waals surface area contributed by atoms with Gasteiger partial charge in [-0.05, 0) is 48.4 Å². The van der Waals surface area contributed by atoms with Gasteiger partial charge in [-0.1, -0.05) is 49.3 Å². The first kappa shape index (κ1) is 32.3. The van der Waals surface area contributed by atoms with Crippen LogP contribution in [0.2, 0.25) is 0 Å². The van der Waals surface area contributed by atoms with Crippen molar-refractivity contribution in [1.29, 1.82) is 0 Å². The average molecular weight is 656 g/mol. The van der Waals surface area contributed by atoms with Crippen molar-refractivity contribution in [3.05, 3.63) is 88.0 Å². The van der Waals surface area contributed by atoms with Crippen molar-refractivity contribution in [3.63, 3.8) is 0 Å². The molecule has 0 spiro atoms. The van der Waals surface area contributed by atoms with Crippen molar-refractivity contribution >= 4 is 27.6 Å². The fraction of sp³-hybridized carbons (Fsp3) is 0.333. The SMILES string of the molecule is O=C(O)c1cc(F)c(N(Cc2ccc(C3CCCCC3)cc2)C(=O)[C@H]2CCN2S(=O)(=O)c2c(F)c(F)c(F)c(F)c2F)cc1[O-]. The van der Waals surface area contributed by atoms with Crippen LogP contribution in [-0.4, -0.2) is 42.3 Å². The molecule has 1 aliphatic heterocycles. The molecule has 0 aromatic heterocycles. The summed E-state index contributed by atoms with van der Waals surface area (Å²) in [4.78, 5) is 23.7. The molecule has 15 heteroatoms. The van der Waals surface area contributed by atoms with Crippen LogP contribution in [0.3, 0.4) is 0 Å². The second-order valence-corrected chi connectivity index (χ2v) is 12.8. The van der Waals surface area contributed by atoms with Gasteiger partial charge >= 0.3 is 5.97 Å². The largest absolute Gasteiger partial charge is 0.872 e. The first-order valence-electron chi connectivity index (χ1n) is 13.9. The van der Waals surface area contributed by atoms with Crippen molar-refractivity contribution < 1.29 is 54.6 Å². The monoisotopic (exact) mass is 655 g/mol. The van der Waals surface area contributed by atoms with Gasteiger partial charge in [-0.3, -0.25) is 4.79 Å². The van der Waals surface area contributed by atoms with Crippen LogP contribution in [0.25, 0.3) is 0 Å². The summed E-state index contributed by atoms with van der Waals surface area (Å²) in [7, 11) is -5.51. The molecular weight excluding hydrogens is 630 g/mol. The van der Waals surface area contributed by atoms with Crippen molar-refractivity contribution in [2.75, 3.05) is 11.4 Å². The minimum absolute atomic E-state index is 0.217. The molecule has 1 saturated heterocycles. The van der Waals surface area contributed by atoms with E-state index in [2.05, 4.69) is 0 Å². The second kappa shape index (κ2) is 12.4. The Balaban J connectivity index is 1.52. The third-order valence-electron chi connectivity index (χ3n) is 8.23. The summed E-state index contributed by atoms with van der Waals surface area (Å²) >= 11 is 0. The summed E-state index contributed by atoms with van der Waals surface area (Å²) in [5, 5.41) is 21.7. The molecule has 1 amide bonds. The molecular formula is C30H25F6N2O6S-. The summed E-state index contributed by atoms with van der Waals surface area (Å²) in [6.07, 6.45) is 4.98. The highest BCUT2D eigenvalue weighted by atomic mass is 32.2. The molecule has 3 aromatic carbocycles. The molecule has 1 aliphatic carbocycles. The number of nitrogens with zero attached hydrogens (tertiary/aromatic N) is 2. The molecule has 0 unspecified atom stereocenters.